The van der Waals surface area contributed by atoms with Crippen LogP contribution in [0.3, 0.4) is 0 Å². The normalized spacial score (nSPS) is 10.4. The standard InChI is InChI=1S/C20H14ClF2N3O4/c1-26(13-4-2-11(3-5-13)20(28)29)25-18(27)15-8-12(21)10-24-19(15)30-14-6-7-16(22)17(23)9-14/h2-10H,1H3,(H,25,27)(H,28,29). The second-order valence-electron chi connectivity index (χ2n) is 6.04. The molecule has 0 saturated carbocycles. The van der Waals surface area contributed by atoms with E-state index in [1.165, 1.54) is 47.6 Å². The van der Waals surface area contributed by atoms with Crippen molar-refractivity contribution >= 4 is 29.2 Å². The minimum absolute atomic E-state index is 0.0544. The Labute approximate surface area is 174 Å². The van der Waals surface area contributed by atoms with Crippen molar-refractivity contribution in [2.24, 2.45) is 0 Å². The van der Waals surface area contributed by atoms with Crippen LogP contribution < -0.4 is 15.2 Å². The Balaban J connectivity index is 1.81. The van der Waals surface area contributed by atoms with Crippen LogP contribution in [0.2, 0.25) is 5.02 Å². The van der Waals surface area contributed by atoms with Gasteiger partial charge in [0.2, 0.25) is 5.88 Å². The van der Waals surface area contributed by atoms with Gasteiger partial charge in [0, 0.05) is 19.3 Å². The highest BCUT2D eigenvalue weighted by molar-refractivity contribution is 6.30. The van der Waals surface area contributed by atoms with Gasteiger partial charge >= 0.3 is 5.97 Å². The zero-order valence-electron chi connectivity index (χ0n) is 15.4. The van der Waals surface area contributed by atoms with E-state index in [0.717, 1.165) is 12.1 Å². The third kappa shape index (κ3) is 4.81. The number of carboxylic acids is 1. The van der Waals surface area contributed by atoms with Crippen LogP contribution >= 0.6 is 11.6 Å². The molecule has 10 heteroatoms. The maximum absolute atomic E-state index is 13.4. The Hall–Kier alpha value is -3.72. The van der Waals surface area contributed by atoms with Crippen LogP contribution in [0, 0.1) is 11.6 Å². The van der Waals surface area contributed by atoms with Gasteiger partial charge < -0.3 is 9.84 Å². The predicted molar refractivity (Wildman–Crippen MR) is 105 cm³/mol. The van der Waals surface area contributed by atoms with Gasteiger partial charge in [-0.3, -0.25) is 15.2 Å². The first-order chi connectivity index (χ1) is 14.2. The fourth-order valence-corrected chi connectivity index (χ4v) is 2.59. The van der Waals surface area contributed by atoms with Crippen molar-refractivity contribution in [1.82, 2.24) is 10.4 Å². The fourth-order valence-electron chi connectivity index (χ4n) is 2.43. The van der Waals surface area contributed by atoms with E-state index in [4.69, 9.17) is 21.4 Å². The zero-order chi connectivity index (χ0) is 21.8. The number of pyridine rings is 1. The minimum Gasteiger partial charge on any atom is -0.478 e. The molecule has 1 amide bonds. The van der Waals surface area contributed by atoms with Crippen molar-refractivity contribution in [2.45, 2.75) is 0 Å². The number of ether oxygens (including phenoxy) is 1. The monoisotopic (exact) mass is 433 g/mol. The molecule has 154 valence electrons. The lowest BCUT2D eigenvalue weighted by Crippen LogP contribution is -2.39. The summed E-state index contributed by atoms with van der Waals surface area (Å²) in [7, 11) is 1.54. The first-order valence-electron chi connectivity index (χ1n) is 8.41. The number of aromatic carboxylic acids is 1. The summed E-state index contributed by atoms with van der Waals surface area (Å²) in [5.41, 5.74) is 3.12. The zero-order valence-corrected chi connectivity index (χ0v) is 16.2. The number of hydrogen-bond donors (Lipinski definition) is 2. The lowest BCUT2D eigenvalue weighted by molar-refractivity contribution is 0.0696. The highest BCUT2D eigenvalue weighted by Crippen LogP contribution is 2.27. The summed E-state index contributed by atoms with van der Waals surface area (Å²) in [6.07, 6.45) is 1.24. The molecule has 2 aromatic carbocycles. The highest BCUT2D eigenvalue weighted by atomic mass is 35.5. The van der Waals surface area contributed by atoms with Crippen LogP contribution in [0.5, 0.6) is 11.6 Å². The Morgan fingerprint density at radius 3 is 2.43 bits per heavy atom. The summed E-state index contributed by atoms with van der Waals surface area (Å²) in [6, 6.07) is 10.0. The summed E-state index contributed by atoms with van der Waals surface area (Å²) in [6.45, 7) is 0. The summed E-state index contributed by atoms with van der Waals surface area (Å²) in [4.78, 5) is 27.6. The molecule has 0 unspecified atom stereocenters. The number of nitrogens with one attached hydrogen (secondary N) is 1. The second kappa shape index (κ2) is 8.75. The van der Waals surface area contributed by atoms with Gasteiger partial charge in [0.15, 0.2) is 11.6 Å². The molecule has 1 aromatic heterocycles. The Morgan fingerprint density at radius 2 is 1.80 bits per heavy atom. The van der Waals surface area contributed by atoms with Crippen molar-refractivity contribution < 1.29 is 28.2 Å². The van der Waals surface area contributed by atoms with Crippen LogP contribution in [0.15, 0.2) is 54.7 Å². The first-order valence-corrected chi connectivity index (χ1v) is 8.79. The molecule has 0 aliphatic carbocycles. The van der Waals surface area contributed by atoms with E-state index in [1.54, 1.807) is 7.05 Å². The maximum atomic E-state index is 13.4. The van der Waals surface area contributed by atoms with Crippen molar-refractivity contribution in [2.75, 3.05) is 12.1 Å². The third-order valence-electron chi connectivity index (χ3n) is 3.94. The molecule has 3 rings (SSSR count). The smallest absolute Gasteiger partial charge is 0.335 e. The molecular weight excluding hydrogens is 420 g/mol. The molecule has 1 heterocycles. The van der Waals surface area contributed by atoms with Crippen LogP contribution in [-0.4, -0.2) is 29.0 Å². The Morgan fingerprint density at radius 1 is 1.10 bits per heavy atom. The van der Waals surface area contributed by atoms with E-state index < -0.39 is 23.5 Å². The molecule has 0 atom stereocenters. The summed E-state index contributed by atoms with van der Waals surface area (Å²) in [5, 5.41) is 10.5. The van der Waals surface area contributed by atoms with Crippen LogP contribution in [0.4, 0.5) is 14.5 Å². The predicted octanol–water partition coefficient (Wildman–Crippen LogP) is 4.28. The van der Waals surface area contributed by atoms with Crippen LogP contribution in [0.25, 0.3) is 0 Å². The van der Waals surface area contributed by atoms with E-state index in [2.05, 4.69) is 10.4 Å². The minimum atomic E-state index is -1.11. The third-order valence-corrected chi connectivity index (χ3v) is 4.15. The van der Waals surface area contributed by atoms with Gasteiger partial charge in [0.05, 0.1) is 16.3 Å². The lowest BCUT2D eigenvalue weighted by atomic mass is 10.2. The van der Waals surface area contributed by atoms with Crippen LogP contribution in [0.1, 0.15) is 20.7 Å². The number of hydrogen-bond acceptors (Lipinski definition) is 5. The molecule has 7 nitrogen and oxygen atoms in total. The topological polar surface area (TPSA) is 91.8 Å². The molecule has 3 aromatic rings. The molecule has 0 fully saturated rings. The number of anilines is 1. The second-order valence-corrected chi connectivity index (χ2v) is 6.47. The van der Waals surface area contributed by atoms with Gasteiger partial charge in [-0.05, 0) is 42.5 Å². The van der Waals surface area contributed by atoms with Crippen molar-refractivity contribution in [1.29, 1.82) is 0 Å². The van der Waals surface area contributed by atoms with Gasteiger partial charge in [-0.15, -0.1) is 0 Å². The van der Waals surface area contributed by atoms with Crippen molar-refractivity contribution in [3.05, 3.63) is 82.5 Å². The quantitative estimate of drug-likeness (QED) is 0.564. The van der Waals surface area contributed by atoms with E-state index in [1.807, 2.05) is 0 Å². The number of aromatic nitrogens is 1. The number of nitrogens with zero attached hydrogens (tertiary/aromatic N) is 2. The summed E-state index contributed by atoms with van der Waals surface area (Å²) < 4.78 is 32.0. The molecule has 0 bridgehead atoms. The first kappa shape index (κ1) is 21.0. The lowest BCUT2D eigenvalue weighted by Gasteiger charge is -2.21. The number of carboxylic acid groups (broad SMARTS) is 1. The Bertz CT molecular complexity index is 1110. The number of carbonyl (C=O) groups is 2. The van der Waals surface area contributed by atoms with Gasteiger partial charge in [-0.2, -0.15) is 0 Å². The van der Waals surface area contributed by atoms with E-state index >= 15 is 0 Å². The molecule has 0 spiro atoms. The average molecular weight is 434 g/mol. The molecule has 0 radical (unpaired) electrons. The van der Waals surface area contributed by atoms with Gasteiger partial charge in [-0.25, -0.2) is 18.6 Å². The van der Waals surface area contributed by atoms with E-state index in [0.29, 0.717) is 5.69 Å². The maximum Gasteiger partial charge on any atom is 0.335 e. The number of benzene rings is 2. The largest absolute Gasteiger partial charge is 0.478 e. The summed E-state index contributed by atoms with van der Waals surface area (Å²) >= 11 is 5.93. The van der Waals surface area contributed by atoms with Crippen molar-refractivity contribution in [3.8, 4) is 11.6 Å². The Kier molecular flexibility index (Phi) is 6.12. The molecule has 0 saturated heterocycles. The number of rotatable bonds is 6. The van der Waals surface area contributed by atoms with Gasteiger partial charge in [0.25, 0.3) is 5.91 Å². The molecule has 0 aliphatic heterocycles. The van der Waals surface area contributed by atoms with Crippen molar-refractivity contribution in [3.63, 3.8) is 0 Å². The van der Waals surface area contributed by atoms with E-state index in [-0.39, 0.29) is 27.8 Å². The molecule has 2 N–H and O–H groups in total. The number of hydrazine groups is 1. The summed E-state index contributed by atoms with van der Waals surface area (Å²) in [5.74, 6) is -4.10. The van der Waals surface area contributed by atoms with Gasteiger partial charge in [-0.1, -0.05) is 11.6 Å². The van der Waals surface area contributed by atoms with Gasteiger partial charge in [0.1, 0.15) is 11.3 Å². The molecular formula is C20H14ClF2N3O4. The SMILES string of the molecule is CN(NC(=O)c1cc(Cl)cnc1Oc1ccc(F)c(F)c1)c1ccc(C(=O)O)cc1. The number of halogens is 3. The number of amides is 1. The molecule has 30 heavy (non-hydrogen) atoms. The number of carbonyl (C=O) groups excluding carboxylic acids is 1. The fraction of sp³-hybridized carbons (Fsp3) is 0.0500. The molecule has 0 aliphatic rings. The highest BCUT2D eigenvalue weighted by Gasteiger charge is 2.18. The van der Waals surface area contributed by atoms with E-state index in [9.17, 15) is 18.4 Å². The average Bonchev–Trinajstić information content (AvgIpc) is 2.72. The van der Waals surface area contributed by atoms with Crippen LogP contribution in [-0.2, 0) is 0 Å².